The molecule has 0 unspecified atom stereocenters. The first kappa shape index (κ1) is 22.9. The molecule has 2 heterocycles. The Balaban J connectivity index is 1.43. The van der Waals surface area contributed by atoms with Gasteiger partial charge in [0.1, 0.15) is 6.04 Å². The molecular formula is C28H21BrClN5O. The van der Waals surface area contributed by atoms with Gasteiger partial charge in [-0.3, -0.25) is 10.1 Å². The third-order valence-electron chi connectivity index (χ3n) is 6.36. The van der Waals surface area contributed by atoms with Gasteiger partial charge in [0.25, 0.3) is 0 Å². The molecule has 0 saturated heterocycles. The molecule has 8 heteroatoms. The summed E-state index contributed by atoms with van der Waals surface area (Å²) in [5, 5.41) is 8.13. The lowest BCUT2D eigenvalue weighted by atomic mass is 9.86. The number of aliphatic imine (C=N–C) groups is 1. The predicted octanol–water partition coefficient (Wildman–Crippen LogP) is 6.83. The first-order valence-corrected chi connectivity index (χ1v) is 12.9. The number of hydrogen-bond donors (Lipinski definition) is 2. The Morgan fingerprint density at radius 2 is 1.83 bits per heavy atom. The van der Waals surface area contributed by atoms with E-state index in [1.54, 1.807) is 0 Å². The molecule has 0 fully saturated rings. The van der Waals surface area contributed by atoms with Crippen LogP contribution < -0.4 is 10.6 Å². The highest BCUT2D eigenvalue weighted by Gasteiger charge is 2.33. The average molecular weight is 559 g/mol. The van der Waals surface area contributed by atoms with Gasteiger partial charge in [0.2, 0.25) is 11.9 Å². The fourth-order valence-corrected chi connectivity index (χ4v) is 5.33. The molecule has 4 aromatic rings. The van der Waals surface area contributed by atoms with Gasteiger partial charge < -0.3 is 5.32 Å². The molecule has 3 aromatic carbocycles. The van der Waals surface area contributed by atoms with Crippen LogP contribution in [0.15, 0.2) is 93.5 Å². The van der Waals surface area contributed by atoms with Crippen LogP contribution in [-0.4, -0.2) is 21.7 Å². The van der Waals surface area contributed by atoms with Crippen molar-refractivity contribution in [1.29, 1.82) is 0 Å². The highest BCUT2D eigenvalue weighted by atomic mass is 79.9. The quantitative estimate of drug-likeness (QED) is 0.288. The van der Waals surface area contributed by atoms with Crippen molar-refractivity contribution in [2.45, 2.75) is 25.3 Å². The van der Waals surface area contributed by atoms with Gasteiger partial charge in [-0.2, -0.15) is 0 Å². The lowest BCUT2D eigenvalue weighted by Crippen LogP contribution is -2.39. The molecule has 178 valence electrons. The second kappa shape index (κ2) is 9.48. The summed E-state index contributed by atoms with van der Waals surface area (Å²) in [5.41, 5.74) is 5.10. The number of hydrogen-bond acceptors (Lipinski definition) is 6. The Morgan fingerprint density at radius 3 is 2.67 bits per heavy atom. The summed E-state index contributed by atoms with van der Waals surface area (Å²) < 4.78 is 0.942. The molecule has 0 spiro atoms. The van der Waals surface area contributed by atoms with E-state index in [-0.39, 0.29) is 5.78 Å². The second-order valence-corrected chi connectivity index (χ2v) is 10.1. The van der Waals surface area contributed by atoms with Gasteiger partial charge in [0.15, 0.2) is 5.78 Å². The minimum absolute atomic E-state index is 0.140. The SMILES string of the molecule is O=C1CCCC2=C1[C@H](c1cccc(Br)c1)N=C(Nc1nc(-c3ccccc3)c3cc(Cl)ccc3n1)N2. The Bertz CT molecular complexity index is 1570. The normalized spacial score (nSPS) is 17.4. The average Bonchev–Trinajstić information content (AvgIpc) is 2.88. The van der Waals surface area contributed by atoms with Crippen LogP contribution in [0.25, 0.3) is 22.2 Å². The Kier molecular flexibility index (Phi) is 6.03. The summed E-state index contributed by atoms with van der Waals surface area (Å²) in [4.78, 5) is 27.4. The van der Waals surface area contributed by atoms with Gasteiger partial charge in [-0.1, -0.05) is 70.0 Å². The number of benzene rings is 3. The number of aromatic nitrogens is 2. The third kappa shape index (κ3) is 4.40. The standard InChI is InChI=1S/C28H21BrClN5O/c29-18-9-4-8-17(14-18)26-24-22(10-5-11-23(24)36)32-28(34-26)35-27-31-21-13-12-19(30)15-20(21)25(33-27)16-6-2-1-3-7-16/h1-4,6-9,12-15,26H,5,10-11H2,(H2,31,32,33,34,35)/t26-/m0/s1. The number of ketones is 1. The van der Waals surface area contributed by atoms with E-state index in [2.05, 4.69) is 26.6 Å². The van der Waals surface area contributed by atoms with E-state index in [1.165, 1.54) is 0 Å². The maximum absolute atomic E-state index is 12.9. The number of fused-ring (bicyclic) bond motifs is 1. The molecule has 6 nitrogen and oxygen atoms in total. The summed E-state index contributed by atoms with van der Waals surface area (Å²) in [6, 6.07) is 23.1. The highest BCUT2D eigenvalue weighted by molar-refractivity contribution is 9.10. The van der Waals surface area contributed by atoms with E-state index in [0.29, 0.717) is 23.4 Å². The molecule has 1 aromatic heterocycles. The molecule has 2 aliphatic rings. The van der Waals surface area contributed by atoms with Gasteiger partial charge in [-0.15, -0.1) is 0 Å². The summed E-state index contributed by atoms with van der Waals surface area (Å²) in [6.45, 7) is 0. The monoisotopic (exact) mass is 557 g/mol. The lowest BCUT2D eigenvalue weighted by Gasteiger charge is -2.30. The van der Waals surface area contributed by atoms with Crippen molar-refractivity contribution in [2.24, 2.45) is 4.99 Å². The van der Waals surface area contributed by atoms with Crippen molar-refractivity contribution in [3.63, 3.8) is 0 Å². The van der Waals surface area contributed by atoms with Crippen molar-refractivity contribution in [3.05, 3.63) is 99.1 Å². The minimum Gasteiger partial charge on any atom is -0.329 e. The Labute approximate surface area is 221 Å². The van der Waals surface area contributed by atoms with Crippen molar-refractivity contribution >= 4 is 56.1 Å². The molecule has 6 rings (SSSR count). The number of carbonyl (C=O) groups is 1. The number of nitrogens with one attached hydrogen (secondary N) is 2. The topological polar surface area (TPSA) is 79.3 Å². The van der Waals surface area contributed by atoms with Crippen LogP contribution >= 0.6 is 27.5 Å². The number of carbonyl (C=O) groups excluding carboxylic acids is 1. The molecular weight excluding hydrogens is 538 g/mol. The first-order valence-electron chi connectivity index (χ1n) is 11.7. The van der Waals surface area contributed by atoms with Gasteiger partial charge >= 0.3 is 0 Å². The van der Waals surface area contributed by atoms with E-state index in [1.807, 2.05) is 72.8 Å². The molecule has 0 saturated carbocycles. The summed E-state index contributed by atoms with van der Waals surface area (Å²) in [7, 11) is 0. The summed E-state index contributed by atoms with van der Waals surface area (Å²) in [6.07, 6.45) is 2.15. The van der Waals surface area contributed by atoms with Crippen molar-refractivity contribution < 1.29 is 4.79 Å². The number of anilines is 1. The van der Waals surface area contributed by atoms with Gasteiger partial charge in [0, 0.05) is 38.1 Å². The molecule has 1 aliphatic carbocycles. The van der Waals surface area contributed by atoms with E-state index in [4.69, 9.17) is 26.6 Å². The maximum Gasteiger partial charge on any atom is 0.230 e. The zero-order valence-electron chi connectivity index (χ0n) is 19.1. The second-order valence-electron chi connectivity index (χ2n) is 8.78. The van der Waals surface area contributed by atoms with Crippen LogP contribution in [0.4, 0.5) is 5.95 Å². The number of halogens is 2. The smallest absolute Gasteiger partial charge is 0.230 e. The van der Waals surface area contributed by atoms with Crippen LogP contribution in [0.2, 0.25) is 5.02 Å². The van der Waals surface area contributed by atoms with Crippen LogP contribution in [0.3, 0.4) is 0 Å². The van der Waals surface area contributed by atoms with Crippen LogP contribution in [0.1, 0.15) is 30.9 Å². The van der Waals surface area contributed by atoms with E-state index in [9.17, 15) is 4.79 Å². The first-order chi connectivity index (χ1) is 17.5. The minimum atomic E-state index is -0.401. The molecule has 1 atom stereocenters. The van der Waals surface area contributed by atoms with Gasteiger partial charge in [-0.25, -0.2) is 15.0 Å². The predicted molar refractivity (Wildman–Crippen MR) is 147 cm³/mol. The molecule has 1 aliphatic heterocycles. The zero-order valence-corrected chi connectivity index (χ0v) is 21.5. The van der Waals surface area contributed by atoms with Gasteiger partial charge in [0.05, 0.1) is 11.2 Å². The van der Waals surface area contributed by atoms with Crippen LogP contribution in [0, 0.1) is 0 Å². The van der Waals surface area contributed by atoms with Crippen LogP contribution in [0.5, 0.6) is 0 Å². The van der Waals surface area contributed by atoms with Crippen LogP contribution in [-0.2, 0) is 4.79 Å². The summed E-state index contributed by atoms with van der Waals surface area (Å²) >= 11 is 9.85. The number of rotatable bonds is 3. The van der Waals surface area contributed by atoms with Crippen molar-refractivity contribution in [3.8, 4) is 11.3 Å². The zero-order chi connectivity index (χ0) is 24.6. The third-order valence-corrected chi connectivity index (χ3v) is 7.09. The van der Waals surface area contributed by atoms with Crippen molar-refractivity contribution in [1.82, 2.24) is 15.3 Å². The Hall–Kier alpha value is -3.55. The molecule has 0 radical (unpaired) electrons. The highest BCUT2D eigenvalue weighted by Crippen LogP contribution is 2.37. The molecule has 0 bridgehead atoms. The number of nitrogens with zero attached hydrogens (tertiary/aromatic N) is 3. The van der Waals surface area contributed by atoms with E-state index < -0.39 is 6.04 Å². The fourth-order valence-electron chi connectivity index (χ4n) is 4.74. The number of Topliss-reactive ketones (excluding diaryl/α,β-unsaturated/α-hetero) is 1. The Morgan fingerprint density at radius 1 is 0.972 bits per heavy atom. The van der Waals surface area contributed by atoms with E-state index in [0.717, 1.165) is 56.3 Å². The largest absolute Gasteiger partial charge is 0.329 e. The number of guanidine groups is 1. The summed E-state index contributed by atoms with van der Waals surface area (Å²) in [5.74, 6) is 1.07. The molecule has 2 N–H and O–H groups in total. The lowest BCUT2D eigenvalue weighted by molar-refractivity contribution is -0.116. The molecule has 0 amide bonds. The maximum atomic E-state index is 12.9. The number of allylic oxidation sites excluding steroid dienone is 1. The fraction of sp³-hybridized carbons (Fsp3) is 0.143. The van der Waals surface area contributed by atoms with Gasteiger partial charge in [-0.05, 0) is 48.7 Å². The van der Waals surface area contributed by atoms with Crippen molar-refractivity contribution in [2.75, 3.05) is 5.32 Å². The van der Waals surface area contributed by atoms with E-state index >= 15 is 0 Å². The molecule has 36 heavy (non-hydrogen) atoms.